The number of amides is 1. The summed E-state index contributed by atoms with van der Waals surface area (Å²) in [5.41, 5.74) is 5.63. The predicted molar refractivity (Wildman–Crippen MR) is 123 cm³/mol. The Labute approximate surface area is 189 Å². The Hall–Kier alpha value is -2.54. The average molecular weight is 434 g/mol. The van der Waals surface area contributed by atoms with Crippen molar-refractivity contribution in [3.8, 4) is 0 Å². The first-order valence-corrected chi connectivity index (χ1v) is 11.6. The smallest absolute Gasteiger partial charge is 0.257 e. The van der Waals surface area contributed by atoms with E-state index < -0.39 is 5.79 Å². The molecule has 32 heavy (non-hydrogen) atoms. The number of likely N-dealkylation sites (tertiary alicyclic amines) is 1. The molecule has 0 radical (unpaired) electrons. The maximum atomic E-state index is 13.5. The minimum absolute atomic E-state index is 0.0448. The Morgan fingerprint density at radius 3 is 2.50 bits per heavy atom. The van der Waals surface area contributed by atoms with E-state index in [2.05, 4.69) is 49.1 Å². The van der Waals surface area contributed by atoms with Crippen molar-refractivity contribution < 1.29 is 14.3 Å². The largest absolute Gasteiger partial charge is 0.347 e. The van der Waals surface area contributed by atoms with Crippen LogP contribution in [0.1, 0.15) is 47.6 Å². The van der Waals surface area contributed by atoms with Gasteiger partial charge in [-0.25, -0.2) is 5.01 Å². The average Bonchev–Trinajstić information content (AvgIpc) is 3.46. The van der Waals surface area contributed by atoms with Crippen LogP contribution in [0.5, 0.6) is 0 Å². The van der Waals surface area contributed by atoms with Crippen LogP contribution in [0.25, 0.3) is 0 Å². The van der Waals surface area contributed by atoms with Gasteiger partial charge in [0.1, 0.15) is 0 Å². The number of piperidine rings is 1. The number of rotatable bonds is 4. The Morgan fingerprint density at radius 1 is 1.06 bits per heavy atom. The van der Waals surface area contributed by atoms with Crippen molar-refractivity contribution in [1.29, 1.82) is 0 Å². The van der Waals surface area contributed by atoms with Crippen LogP contribution in [-0.4, -0.2) is 60.2 Å². The quantitative estimate of drug-likeness (QED) is 0.736. The summed E-state index contributed by atoms with van der Waals surface area (Å²) in [6, 6.07) is 16.6. The number of carbonyl (C=O) groups excluding carboxylic acids is 1. The molecule has 6 heteroatoms. The molecule has 2 saturated heterocycles. The molecule has 1 amide bonds. The monoisotopic (exact) mass is 433 g/mol. The van der Waals surface area contributed by atoms with E-state index in [4.69, 9.17) is 14.6 Å². The highest BCUT2D eigenvalue weighted by atomic mass is 16.7. The van der Waals surface area contributed by atoms with Gasteiger partial charge in [0, 0.05) is 37.9 Å². The fraction of sp³-hybridized carbons (Fsp3) is 0.462. The van der Waals surface area contributed by atoms with Gasteiger partial charge in [0.2, 0.25) is 0 Å². The summed E-state index contributed by atoms with van der Waals surface area (Å²) in [5, 5.41) is 6.60. The van der Waals surface area contributed by atoms with Gasteiger partial charge >= 0.3 is 0 Å². The van der Waals surface area contributed by atoms with E-state index in [1.807, 2.05) is 18.2 Å². The maximum absolute atomic E-state index is 13.5. The first kappa shape index (κ1) is 21.3. The number of aryl methyl sites for hydroxylation is 2. The Bertz CT molecular complexity index is 1000. The Morgan fingerprint density at radius 2 is 1.78 bits per heavy atom. The van der Waals surface area contributed by atoms with Gasteiger partial charge in [-0.2, -0.15) is 5.10 Å². The van der Waals surface area contributed by atoms with Crippen LogP contribution in [0.15, 0.2) is 53.6 Å². The lowest BCUT2D eigenvalue weighted by Crippen LogP contribution is -2.48. The topological polar surface area (TPSA) is 54.4 Å². The molecule has 1 atom stereocenters. The molecule has 168 valence electrons. The van der Waals surface area contributed by atoms with Gasteiger partial charge in [-0.15, -0.1) is 0 Å². The summed E-state index contributed by atoms with van der Waals surface area (Å²) >= 11 is 0. The number of hydrazone groups is 1. The molecule has 3 aliphatic rings. The molecule has 1 spiro atoms. The summed E-state index contributed by atoms with van der Waals surface area (Å²) in [4.78, 5) is 15.7. The van der Waals surface area contributed by atoms with Crippen molar-refractivity contribution >= 4 is 11.6 Å². The van der Waals surface area contributed by atoms with Crippen LogP contribution in [-0.2, 0) is 14.3 Å². The third-order valence-corrected chi connectivity index (χ3v) is 6.84. The van der Waals surface area contributed by atoms with E-state index in [9.17, 15) is 4.79 Å². The molecule has 3 heterocycles. The van der Waals surface area contributed by atoms with Gasteiger partial charge in [0.25, 0.3) is 5.91 Å². The summed E-state index contributed by atoms with van der Waals surface area (Å²) in [6.45, 7) is 7.49. The summed E-state index contributed by atoms with van der Waals surface area (Å²) < 4.78 is 11.7. The standard InChI is InChI=1S/C26H31N3O3/c1-19-8-9-20(2)22(16-19)23-17-24(21-6-4-3-5-7-21)29(27-23)25(30)18-28-12-10-26(11-13-28)31-14-15-32-26/h3-9,16,24H,10-15,17-18H2,1-2H3/t24-/m0/s1. The van der Waals surface area contributed by atoms with Gasteiger partial charge in [-0.1, -0.05) is 48.0 Å². The second-order valence-corrected chi connectivity index (χ2v) is 9.12. The third-order valence-electron chi connectivity index (χ3n) is 6.84. The van der Waals surface area contributed by atoms with E-state index in [1.54, 1.807) is 5.01 Å². The Balaban J connectivity index is 1.35. The molecule has 0 bridgehead atoms. The third kappa shape index (κ3) is 4.22. The zero-order valence-corrected chi connectivity index (χ0v) is 18.9. The normalized spacial score (nSPS) is 23.0. The lowest BCUT2D eigenvalue weighted by atomic mass is 9.95. The molecule has 2 aromatic rings. The van der Waals surface area contributed by atoms with Crippen molar-refractivity contribution in [2.24, 2.45) is 5.10 Å². The minimum Gasteiger partial charge on any atom is -0.347 e. The SMILES string of the molecule is Cc1ccc(C)c(C2=NN(C(=O)CN3CCC4(CC3)OCCO4)[C@H](c3ccccc3)C2)c1. The first-order chi connectivity index (χ1) is 15.5. The van der Waals surface area contributed by atoms with Crippen LogP contribution in [0, 0.1) is 13.8 Å². The van der Waals surface area contributed by atoms with Crippen LogP contribution >= 0.6 is 0 Å². The molecule has 6 nitrogen and oxygen atoms in total. The van der Waals surface area contributed by atoms with Crippen molar-refractivity contribution in [1.82, 2.24) is 9.91 Å². The van der Waals surface area contributed by atoms with E-state index >= 15 is 0 Å². The fourth-order valence-electron chi connectivity index (χ4n) is 4.99. The lowest BCUT2D eigenvalue weighted by molar-refractivity contribution is -0.186. The van der Waals surface area contributed by atoms with Crippen molar-refractivity contribution in [3.63, 3.8) is 0 Å². The second kappa shape index (κ2) is 8.77. The highest BCUT2D eigenvalue weighted by Crippen LogP contribution is 2.35. The molecule has 3 aliphatic heterocycles. The number of nitrogens with zero attached hydrogens (tertiary/aromatic N) is 3. The number of ether oxygens (including phenoxy) is 2. The van der Waals surface area contributed by atoms with Gasteiger partial charge in [-0.05, 0) is 31.0 Å². The molecular weight excluding hydrogens is 402 g/mol. The second-order valence-electron chi connectivity index (χ2n) is 9.12. The summed E-state index contributed by atoms with van der Waals surface area (Å²) in [7, 11) is 0. The first-order valence-electron chi connectivity index (χ1n) is 11.6. The van der Waals surface area contributed by atoms with Crippen LogP contribution < -0.4 is 0 Å². The van der Waals surface area contributed by atoms with E-state index in [-0.39, 0.29) is 11.9 Å². The summed E-state index contributed by atoms with van der Waals surface area (Å²) in [5.74, 6) is -0.378. The highest BCUT2D eigenvalue weighted by Gasteiger charge is 2.41. The van der Waals surface area contributed by atoms with Crippen LogP contribution in [0.2, 0.25) is 0 Å². The van der Waals surface area contributed by atoms with Crippen LogP contribution in [0.4, 0.5) is 0 Å². The number of hydrogen-bond donors (Lipinski definition) is 0. The fourth-order valence-corrected chi connectivity index (χ4v) is 4.99. The van der Waals surface area contributed by atoms with Gasteiger partial charge in [-0.3, -0.25) is 9.69 Å². The van der Waals surface area contributed by atoms with E-state index in [1.165, 1.54) is 11.1 Å². The molecule has 0 unspecified atom stereocenters. The molecule has 0 saturated carbocycles. The zero-order chi connectivity index (χ0) is 22.1. The van der Waals surface area contributed by atoms with Gasteiger partial charge < -0.3 is 9.47 Å². The zero-order valence-electron chi connectivity index (χ0n) is 18.9. The van der Waals surface area contributed by atoms with Gasteiger partial charge in [0.15, 0.2) is 5.79 Å². The number of benzene rings is 2. The molecule has 0 N–H and O–H groups in total. The van der Waals surface area contributed by atoms with Crippen molar-refractivity contribution in [2.45, 2.75) is 44.9 Å². The minimum atomic E-state index is -0.423. The number of hydrogen-bond acceptors (Lipinski definition) is 5. The van der Waals surface area contributed by atoms with Crippen molar-refractivity contribution in [3.05, 3.63) is 70.8 Å². The lowest BCUT2D eigenvalue weighted by Gasteiger charge is -2.37. The predicted octanol–water partition coefficient (Wildman–Crippen LogP) is 3.82. The molecule has 2 fully saturated rings. The molecular formula is C26H31N3O3. The summed E-state index contributed by atoms with van der Waals surface area (Å²) in [6.07, 6.45) is 2.34. The van der Waals surface area contributed by atoms with Gasteiger partial charge in [0.05, 0.1) is 31.5 Å². The molecule has 2 aromatic carbocycles. The molecule has 0 aromatic heterocycles. The number of carbonyl (C=O) groups is 1. The Kier molecular flexibility index (Phi) is 5.84. The highest BCUT2D eigenvalue weighted by molar-refractivity contribution is 6.04. The van der Waals surface area contributed by atoms with E-state index in [0.29, 0.717) is 19.8 Å². The molecule has 5 rings (SSSR count). The molecule has 0 aliphatic carbocycles. The van der Waals surface area contributed by atoms with E-state index in [0.717, 1.165) is 49.2 Å². The van der Waals surface area contributed by atoms with Crippen LogP contribution in [0.3, 0.4) is 0 Å². The maximum Gasteiger partial charge on any atom is 0.257 e. The van der Waals surface area contributed by atoms with Crippen molar-refractivity contribution in [2.75, 3.05) is 32.8 Å².